The van der Waals surface area contributed by atoms with Gasteiger partial charge in [-0.25, -0.2) is 0 Å². The number of ether oxygens (including phenoxy) is 2. The SMILES string of the molecule is C=C1[C@@H]2CC[C@H]3[C@]4(C)CCC[C@@](C)(C(=O)O)[C@H]4CC[C@]3(C2)[C@@H]1O[C@H]1O[C@@H](C)[C@@H](O)[C@@H](O)[C@@H]1O. The summed E-state index contributed by atoms with van der Waals surface area (Å²) in [5.74, 6) is 0.129. The van der Waals surface area contributed by atoms with E-state index < -0.39 is 42.1 Å². The number of aliphatic hydroxyl groups is 3. The highest BCUT2D eigenvalue weighted by atomic mass is 16.7. The number of aliphatic hydroxyl groups excluding tert-OH is 3. The van der Waals surface area contributed by atoms with Crippen molar-refractivity contribution in [2.75, 3.05) is 0 Å². The molecule has 186 valence electrons. The van der Waals surface area contributed by atoms with E-state index in [0.29, 0.717) is 11.8 Å². The predicted molar refractivity (Wildman–Crippen MR) is 120 cm³/mol. The Labute approximate surface area is 196 Å². The van der Waals surface area contributed by atoms with E-state index in [2.05, 4.69) is 13.5 Å². The van der Waals surface area contributed by atoms with Gasteiger partial charge in [0.1, 0.15) is 18.3 Å². The van der Waals surface area contributed by atoms with Crippen LogP contribution in [0, 0.1) is 34.0 Å². The fraction of sp³-hybridized carbons (Fsp3) is 0.885. The first-order valence-corrected chi connectivity index (χ1v) is 12.7. The van der Waals surface area contributed by atoms with Crippen LogP contribution in [-0.2, 0) is 14.3 Å². The maximum absolute atomic E-state index is 12.4. The van der Waals surface area contributed by atoms with Gasteiger partial charge in [-0.05, 0) is 87.5 Å². The molecule has 33 heavy (non-hydrogen) atoms. The molecular weight excluding hydrogens is 424 g/mol. The Hall–Kier alpha value is -0.990. The Morgan fingerprint density at radius 3 is 2.45 bits per heavy atom. The highest BCUT2D eigenvalue weighted by Gasteiger charge is 2.68. The summed E-state index contributed by atoms with van der Waals surface area (Å²) in [6.07, 6.45) is 1.64. The molecule has 1 spiro atoms. The van der Waals surface area contributed by atoms with E-state index in [1.54, 1.807) is 6.92 Å². The third-order valence-electron chi connectivity index (χ3n) is 10.7. The van der Waals surface area contributed by atoms with Crippen LogP contribution in [0.2, 0.25) is 0 Å². The molecule has 0 aromatic heterocycles. The van der Waals surface area contributed by atoms with Gasteiger partial charge in [-0.15, -0.1) is 0 Å². The van der Waals surface area contributed by atoms with Crippen molar-refractivity contribution in [3.05, 3.63) is 12.2 Å². The topological polar surface area (TPSA) is 116 Å². The van der Waals surface area contributed by atoms with Crippen LogP contribution < -0.4 is 0 Å². The normalized spacial score (nSPS) is 56.2. The van der Waals surface area contributed by atoms with Gasteiger partial charge in [-0.1, -0.05) is 19.9 Å². The van der Waals surface area contributed by atoms with Crippen LogP contribution in [-0.4, -0.2) is 63.2 Å². The van der Waals surface area contributed by atoms with Crippen molar-refractivity contribution >= 4 is 5.97 Å². The minimum absolute atomic E-state index is 0.0874. The van der Waals surface area contributed by atoms with Gasteiger partial charge >= 0.3 is 5.97 Å². The van der Waals surface area contributed by atoms with Crippen molar-refractivity contribution in [3.63, 3.8) is 0 Å². The molecule has 1 aliphatic heterocycles. The molecule has 0 aromatic carbocycles. The van der Waals surface area contributed by atoms with Gasteiger partial charge in [0, 0.05) is 5.41 Å². The fourth-order valence-corrected chi connectivity index (χ4v) is 9.07. The summed E-state index contributed by atoms with van der Waals surface area (Å²) in [6, 6.07) is 0. The molecule has 0 aromatic rings. The van der Waals surface area contributed by atoms with E-state index in [1.807, 2.05) is 6.92 Å². The van der Waals surface area contributed by atoms with Crippen molar-refractivity contribution in [2.45, 2.75) is 109 Å². The Morgan fingerprint density at radius 2 is 1.76 bits per heavy atom. The molecule has 4 N–H and O–H groups in total. The average molecular weight is 465 g/mol. The van der Waals surface area contributed by atoms with E-state index in [-0.39, 0.29) is 22.9 Å². The molecule has 2 bridgehead atoms. The molecular formula is C26H40O7. The third kappa shape index (κ3) is 3.15. The van der Waals surface area contributed by atoms with E-state index >= 15 is 0 Å². The predicted octanol–water partition coefficient (Wildman–Crippen LogP) is 2.86. The van der Waals surface area contributed by atoms with Crippen LogP contribution in [0.15, 0.2) is 12.2 Å². The van der Waals surface area contributed by atoms with Crippen molar-refractivity contribution in [2.24, 2.45) is 34.0 Å². The second-order valence-electron chi connectivity index (χ2n) is 12.2. The van der Waals surface area contributed by atoms with Gasteiger partial charge in [0.2, 0.25) is 0 Å². The molecule has 1 heterocycles. The third-order valence-corrected chi connectivity index (χ3v) is 10.7. The van der Waals surface area contributed by atoms with Gasteiger partial charge < -0.3 is 29.9 Å². The van der Waals surface area contributed by atoms with Gasteiger partial charge in [0.25, 0.3) is 0 Å². The maximum Gasteiger partial charge on any atom is 0.309 e. The zero-order valence-electron chi connectivity index (χ0n) is 20.1. The van der Waals surface area contributed by atoms with Crippen LogP contribution in [0.4, 0.5) is 0 Å². The minimum atomic E-state index is -1.34. The number of rotatable bonds is 3. The monoisotopic (exact) mass is 464 g/mol. The molecule has 0 unspecified atom stereocenters. The summed E-state index contributed by atoms with van der Waals surface area (Å²) >= 11 is 0. The summed E-state index contributed by atoms with van der Waals surface area (Å²) in [6.45, 7) is 10.4. The first kappa shape index (κ1) is 23.7. The lowest BCUT2D eigenvalue weighted by Crippen LogP contribution is -2.62. The first-order valence-electron chi connectivity index (χ1n) is 12.7. The van der Waals surface area contributed by atoms with Crippen LogP contribution in [0.5, 0.6) is 0 Å². The molecule has 5 rings (SSSR count). The number of hydrogen-bond acceptors (Lipinski definition) is 6. The minimum Gasteiger partial charge on any atom is -0.481 e. The Bertz CT molecular complexity index is 829. The van der Waals surface area contributed by atoms with Crippen molar-refractivity contribution in [3.8, 4) is 0 Å². The van der Waals surface area contributed by atoms with E-state index in [0.717, 1.165) is 56.9 Å². The number of carboxylic acids is 1. The molecule has 1 saturated heterocycles. The molecule has 5 fully saturated rings. The lowest BCUT2D eigenvalue weighted by Gasteiger charge is -2.64. The van der Waals surface area contributed by atoms with Gasteiger partial charge in [0.05, 0.1) is 17.6 Å². The average Bonchev–Trinajstić information content (AvgIpc) is 2.95. The Balaban J connectivity index is 1.48. The Kier molecular flexibility index (Phi) is 5.58. The largest absolute Gasteiger partial charge is 0.481 e. The highest BCUT2D eigenvalue weighted by Crippen LogP contribution is 2.72. The van der Waals surface area contributed by atoms with Gasteiger partial charge in [0.15, 0.2) is 6.29 Å². The zero-order chi connectivity index (χ0) is 23.9. The van der Waals surface area contributed by atoms with Crippen molar-refractivity contribution in [1.29, 1.82) is 0 Å². The molecule has 12 atom stereocenters. The van der Waals surface area contributed by atoms with Crippen LogP contribution in [0.1, 0.15) is 72.1 Å². The van der Waals surface area contributed by atoms with Gasteiger partial charge in [-0.3, -0.25) is 4.79 Å². The zero-order valence-corrected chi connectivity index (χ0v) is 20.1. The molecule has 7 nitrogen and oxygen atoms in total. The number of carbonyl (C=O) groups is 1. The number of hydrogen-bond donors (Lipinski definition) is 4. The molecule has 0 amide bonds. The molecule has 4 aliphatic carbocycles. The molecule has 0 radical (unpaired) electrons. The highest BCUT2D eigenvalue weighted by molar-refractivity contribution is 5.75. The summed E-state index contributed by atoms with van der Waals surface area (Å²) in [5.41, 5.74) is 0.0986. The molecule has 4 saturated carbocycles. The van der Waals surface area contributed by atoms with Crippen molar-refractivity contribution < 1.29 is 34.7 Å². The lowest BCUT2D eigenvalue weighted by atomic mass is 9.40. The standard InChI is InChI=1S/C26H40O7/c1-13-15-6-7-17-24(3)9-5-10-25(4,23(30)31)16(24)8-11-26(17,12-15)21(13)33-22-20(29)19(28)18(27)14(2)32-22/h14-22,27-29H,1,5-12H2,2-4H3,(H,30,31)/t14-,15+,16-,17-,18+,19+,20-,21+,22+,24+,25+,26+/m0/s1. The van der Waals surface area contributed by atoms with Crippen LogP contribution >= 0.6 is 0 Å². The number of fused-ring (bicyclic) bond motifs is 3. The second kappa shape index (κ2) is 7.76. The summed E-state index contributed by atoms with van der Waals surface area (Å²) in [5, 5.41) is 41.2. The number of aliphatic carboxylic acids is 1. The maximum atomic E-state index is 12.4. The smallest absolute Gasteiger partial charge is 0.309 e. The van der Waals surface area contributed by atoms with E-state index in [9.17, 15) is 25.2 Å². The lowest BCUT2D eigenvalue weighted by molar-refractivity contribution is -0.314. The van der Waals surface area contributed by atoms with Crippen LogP contribution in [0.3, 0.4) is 0 Å². The summed E-state index contributed by atoms with van der Waals surface area (Å²) < 4.78 is 12.3. The summed E-state index contributed by atoms with van der Waals surface area (Å²) in [4.78, 5) is 12.4. The molecule has 7 heteroatoms. The molecule has 5 aliphatic rings. The fourth-order valence-electron chi connectivity index (χ4n) is 9.07. The number of carboxylic acid groups (broad SMARTS) is 1. The van der Waals surface area contributed by atoms with Crippen LogP contribution in [0.25, 0.3) is 0 Å². The van der Waals surface area contributed by atoms with E-state index in [1.165, 1.54) is 0 Å². The first-order chi connectivity index (χ1) is 15.5. The second-order valence-corrected chi connectivity index (χ2v) is 12.2. The Morgan fingerprint density at radius 1 is 1.03 bits per heavy atom. The quantitative estimate of drug-likeness (QED) is 0.475. The summed E-state index contributed by atoms with van der Waals surface area (Å²) in [7, 11) is 0. The van der Waals surface area contributed by atoms with Gasteiger partial charge in [-0.2, -0.15) is 0 Å². The van der Waals surface area contributed by atoms with E-state index in [4.69, 9.17) is 9.47 Å². The van der Waals surface area contributed by atoms with Crippen molar-refractivity contribution in [1.82, 2.24) is 0 Å².